The molecule has 2 saturated heterocycles. The van der Waals surface area contributed by atoms with Gasteiger partial charge >= 0.3 is 0 Å². The van der Waals surface area contributed by atoms with Crippen molar-refractivity contribution >= 4 is 5.91 Å². The number of aliphatic hydroxyl groups excluding tert-OH is 8. The van der Waals surface area contributed by atoms with Crippen LogP contribution in [0.4, 0.5) is 0 Å². The first kappa shape index (κ1) is 80.3. The van der Waals surface area contributed by atoms with Crippen LogP contribution in [0.1, 0.15) is 322 Å². The summed E-state index contributed by atoms with van der Waals surface area (Å²) in [6.45, 7) is 2.90. The molecule has 2 aliphatic heterocycles. The van der Waals surface area contributed by atoms with E-state index in [9.17, 15) is 45.6 Å². The van der Waals surface area contributed by atoms with Crippen LogP contribution in [0.2, 0.25) is 0 Å². The average Bonchev–Trinajstić information content (AvgIpc) is 2.63. The van der Waals surface area contributed by atoms with Crippen molar-refractivity contribution in [2.24, 2.45) is 0 Å². The molecule has 0 radical (unpaired) electrons. The summed E-state index contributed by atoms with van der Waals surface area (Å²) in [5, 5.41) is 87.6. The maximum atomic E-state index is 13.4. The van der Waals surface area contributed by atoms with Gasteiger partial charge in [0.25, 0.3) is 0 Å². The number of unbranched alkanes of at least 4 members (excludes halogenated alkanes) is 41. The van der Waals surface area contributed by atoms with Gasteiger partial charge in [-0.25, -0.2) is 0 Å². The lowest BCUT2D eigenvalue weighted by molar-refractivity contribution is -0.359. The predicted octanol–water partition coefficient (Wildman–Crippen LogP) is 14.9. The van der Waals surface area contributed by atoms with E-state index in [-0.39, 0.29) is 12.5 Å². The summed E-state index contributed by atoms with van der Waals surface area (Å²) < 4.78 is 22.9. The van der Waals surface area contributed by atoms with E-state index < -0.39 is 86.8 Å². The van der Waals surface area contributed by atoms with E-state index in [0.29, 0.717) is 12.8 Å². The van der Waals surface area contributed by atoms with Crippen molar-refractivity contribution < 1.29 is 64.6 Å². The molecule has 0 bridgehead atoms. The van der Waals surface area contributed by atoms with Crippen LogP contribution in [0, 0.1) is 0 Å². The fourth-order valence-electron chi connectivity index (χ4n) is 12.1. The van der Waals surface area contributed by atoms with Crippen LogP contribution in [-0.4, -0.2) is 140 Å². The number of nitrogens with one attached hydrogen (secondary N) is 1. The van der Waals surface area contributed by atoms with Gasteiger partial charge in [0.1, 0.15) is 48.8 Å². The molecule has 1 amide bonds. The molecule has 12 unspecified atom stereocenters. The largest absolute Gasteiger partial charge is 0.394 e. The van der Waals surface area contributed by atoms with E-state index in [0.717, 1.165) is 64.2 Å². The molecule has 0 spiro atoms. The Morgan fingerprint density at radius 2 is 0.767 bits per heavy atom. The zero-order valence-electron chi connectivity index (χ0n) is 55.1. The highest BCUT2D eigenvalue weighted by Crippen LogP contribution is 2.30. The predicted molar refractivity (Wildman–Crippen MR) is 351 cm³/mol. The molecule has 2 fully saturated rings. The fourth-order valence-corrected chi connectivity index (χ4v) is 12.1. The van der Waals surface area contributed by atoms with Crippen LogP contribution in [0.25, 0.3) is 0 Å². The van der Waals surface area contributed by atoms with Crippen LogP contribution in [0.15, 0.2) is 36.5 Å². The SMILES string of the molecule is CCCCCCC/C=C\C/C=C\C/C=C\CCCCCCCCCCCCCCCCCCCCC(=O)NC(COC1OC(CO)C(OC2OC(CO)C(O)C(O)C2O)C(O)C1O)C(O)CCCCCCCCCCCCCCCCCCCCC. The molecule has 2 aliphatic rings. The summed E-state index contributed by atoms with van der Waals surface area (Å²) in [6, 6.07) is -0.828. The summed E-state index contributed by atoms with van der Waals surface area (Å²) in [7, 11) is 0. The Kier molecular flexibility index (Phi) is 53.4. The van der Waals surface area contributed by atoms with E-state index in [1.807, 2.05) is 0 Å². The van der Waals surface area contributed by atoms with Crippen LogP contribution >= 0.6 is 0 Å². The molecule has 14 nitrogen and oxygen atoms in total. The molecular weight excluding hydrogens is 1090 g/mol. The minimum Gasteiger partial charge on any atom is -0.394 e. The highest BCUT2D eigenvalue weighted by Gasteiger charge is 2.51. The van der Waals surface area contributed by atoms with Crippen molar-refractivity contribution in [3.8, 4) is 0 Å². The Hall–Kier alpha value is -1.79. The number of hydrogen-bond acceptors (Lipinski definition) is 13. The second-order valence-corrected chi connectivity index (χ2v) is 25.7. The van der Waals surface area contributed by atoms with E-state index in [1.165, 1.54) is 231 Å². The average molecular weight is 1220 g/mol. The molecule has 0 aromatic heterocycles. The minimum absolute atomic E-state index is 0.201. The Morgan fingerprint density at radius 3 is 1.17 bits per heavy atom. The maximum Gasteiger partial charge on any atom is 0.220 e. The van der Waals surface area contributed by atoms with Crippen molar-refractivity contribution in [2.75, 3.05) is 19.8 Å². The lowest BCUT2D eigenvalue weighted by Gasteiger charge is -2.46. The smallest absolute Gasteiger partial charge is 0.220 e. The van der Waals surface area contributed by atoms with E-state index in [4.69, 9.17) is 18.9 Å². The number of allylic oxidation sites excluding steroid dienone is 6. The number of ether oxygens (including phenoxy) is 4. The molecule has 0 saturated carbocycles. The Bertz CT molecular complexity index is 1580. The maximum absolute atomic E-state index is 13.4. The van der Waals surface area contributed by atoms with Crippen molar-refractivity contribution in [1.29, 1.82) is 0 Å². The van der Waals surface area contributed by atoms with Gasteiger partial charge in [-0.1, -0.05) is 301 Å². The van der Waals surface area contributed by atoms with Gasteiger partial charge in [0.15, 0.2) is 12.6 Å². The number of carbonyl (C=O) groups excluding carboxylic acids is 1. The molecule has 9 N–H and O–H groups in total. The number of aliphatic hydroxyl groups is 8. The molecule has 86 heavy (non-hydrogen) atoms. The first-order chi connectivity index (χ1) is 42.1. The van der Waals surface area contributed by atoms with Crippen LogP contribution < -0.4 is 5.32 Å². The zero-order valence-corrected chi connectivity index (χ0v) is 55.1. The quantitative estimate of drug-likeness (QED) is 0.0204. The lowest BCUT2D eigenvalue weighted by Crippen LogP contribution is -2.65. The van der Waals surface area contributed by atoms with Gasteiger partial charge in [-0.15, -0.1) is 0 Å². The van der Waals surface area contributed by atoms with Crippen LogP contribution in [0.3, 0.4) is 0 Å². The van der Waals surface area contributed by atoms with Gasteiger partial charge < -0.3 is 65.1 Å². The van der Waals surface area contributed by atoms with E-state index >= 15 is 0 Å². The Labute approximate surface area is 525 Å². The monoisotopic (exact) mass is 1220 g/mol. The standard InChI is InChI=1S/C72H135NO13/c1-3-5-7-9-11-13-15-17-19-21-23-24-25-26-27-28-29-30-31-32-33-34-35-36-38-40-42-44-46-48-50-52-54-56-64(77)73-60(61(76)55-53-51-49-47-45-43-41-39-37-22-20-18-16-14-12-10-8-6-4-2)59-83-71-69(82)67(80)70(63(58-75)85-71)86-72-68(81)66(79)65(78)62(57-74)84-72/h15,17,21,23,25-26,60-63,65-72,74-76,78-82H,3-14,16,18-20,22,24,27-59H2,1-2H3,(H,73,77)/b17-15-,23-21-,26-25-. The summed E-state index contributed by atoms with van der Waals surface area (Å²) in [5.41, 5.74) is 0. The third-order valence-corrected chi connectivity index (χ3v) is 17.9. The van der Waals surface area contributed by atoms with Crippen LogP contribution in [-0.2, 0) is 23.7 Å². The molecular formula is C72H135NO13. The zero-order chi connectivity index (χ0) is 62.3. The highest BCUT2D eigenvalue weighted by molar-refractivity contribution is 5.76. The van der Waals surface area contributed by atoms with Gasteiger partial charge in [0, 0.05) is 6.42 Å². The molecule has 14 heteroatoms. The number of hydrogen-bond donors (Lipinski definition) is 9. The van der Waals surface area contributed by atoms with Crippen molar-refractivity contribution in [1.82, 2.24) is 5.32 Å². The normalized spacial score (nSPS) is 23.6. The number of amides is 1. The second-order valence-electron chi connectivity index (χ2n) is 25.7. The molecule has 12 atom stereocenters. The van der Waals surface area contributed by atoms with Gasteiger partial charge in [0.05, 0.1) is 32.0 Å². The molecule has 2 rings (SSSR count). The lowest BCUT2D eigenvalue weighted by atomic mass is 9.97. The molecule has 0 aromatic carbocycles. The van der Waals surface area contributed by atoms with E-state index in [1.54, 1.807) is 0 Å². The Morgan fingerprint density at radius 1 is 0.419 bits per heavy atom. The van der Waals surface area contributed by atoms with Crippen LogP contribution in [0.5, 0.6) is 0 Å². The summed E-state index contributed by atoms with van der Waals surface area (Å²) in [5.74, 6) is -0.201. The number of rotatable bonds is 60. The summed E-state index contributed by atoms with van der Waals surface area (Å²) in [4.78, 5) is 13.4. The third-order valence-electron chi connectivity index (χ3n) is 17.9. The minimum atomic E-state index is -1.78. The molecule has 0 aliphatic carbocycles. The van der Waals surface area contributed by atoms with Gasteiger partial charge in [0.2, 0.25) is 5.91 Å². The highest BCUT2D eigenvalue weighted by atomic mass is 16.7. The molecule has 2 heterocycles. The Balaban J connectivity index is 1.62. The van der Waals surface area contributed by atoms with Crippen molar-refractivity contribution in [3.63, 3.8) is 0 Å². The topological polar surface area (TPSA) is 228 Å². The van der Waals surface area contributed by atoms with Crippen molar-refractivity contribution in [3.05, 3.63) is 36.5 Å². The fraction of sp³-hybridized carbons (Fsp3) is 0.903. The summed E-state index contributed by atoms with van der Waals surface area (Å²) >= 11 is 0. The molecule has 506 valence electrons. The second kappa shape index (κ2) is 57.1. The van der Waals surface area contributed by atoms with Gasteiger partial charge in [-0.3, -0.25) is 4.79 Å². The first-order valence-electron chi connectivity index (χ1n) is 36.2. The van der Waals surface area contributed by atoms with Crippen molar-refractivity contribution in [2.45, 2.75) is 396 Å². The number of carbonyl (C=O) groups is 1. The van der Waals surface area contributed by atoms with E-state index in [2.05, 4.69) is 55.6 Å². The van der Waals surface area contributed by atoms with Gasteiger partial charge in [-0.2, -0.15) is 0 Å². The third kappa shape index (κ3) is 40.8. The summed E-state index contributed by atoms with van der Waals surface area (Å²) in [6.07, 6.45) is 55.9. The van der Waals surface area contributed by atoms with Gasteiger partial charge in [-0.05, 0) is 51.4 Å². The first-order valence-corrected chi connectivity index (χ1v) is 36.2. The molecule has 0 aromatic rings.